The number of anilines is 1. The van der Waals surface area contributed by atoms with E-state index in [-0.39, 0.29) is 18.1 Å². The number of rotatable bonds is 7. The standard InChI is InChI=1S/C28H25BrClN3O3/c1-35-26-16-21(24(29)17-27(26)36-19-20-7-5-6-10-25(20)30)15-22(18-31)28(34)33-13-11-32(12-14-33)23-8-3-2-4-9-23/h2-10,15-17H,11-14,19H2,1H3/b22-15-. The van der Waals surface area contributed by atoms with Crippen molar-refractivity contribution in [2.24, 2.45) is 0 Å². The van der Waals surface area contributed by atoms with Crippen LogP contribution in [-0.2, 0) is 11.4 Å². The van der Waals surface area contributed by atoms with Gasteiger partial charge in [-0.15, -0.1) is 0 Å². The average Bonchev–Trinajstić information content (AvgIpc) is 2.92. The molecular weight excluding hydrogens is 542 g/mol. The number of benzene rings is 3. The minimum absolute atomic E-state index is 0.0654. The fourth-order valence-electron chi connectivity index (χ4n) is 3.98. The molecule has 3 aromatic rings. The van der Waals surface area contributed by atoms with Crippen LogP contribution in [-0.4, -0.2) is 44.1 Å². The van der Waals surface area contributed by atoms with E-state index in [1.54, 1.807) is 30.2 Å². The molecule has 4 rings (SSSR count). The number of para-hydroxylation sites is 1. The van der Waals surface area contributed by atoms with Gasteiger partial charge >= 0.3 is 0 Å². The highest BCUT2D eigenvalue weighted by molar-refractivity contribution is 9.10. The Kier molecular flexibility index (Phi) is 8.52. The Morgan fingerprint density at radius 1 is 1.06 bits per heavy atom. The third kappa shape index (κ3) is 6.01. The molecule has 184 valence electrons. The van der Waals surface area contributed by atoms with Gasteiger partial charge < -0.3 is 19.3 Å². The van der Waals surface area contributed by atoms with Gasteiger partial charge in [0.05, 0.1) is 7.11 Å². The molecule has 8 heteroatoms. The summed E-state index contributed by atoms with van der Waals surface area (Å²) >= 11 is 9.77. The van der Waals surface area contributed by atoms with Crippen molar-refractivity contribution in [1.82, 2.24) is 4.90 Å². The Morgan fingerprint density at radius 2 is 1.75 bits per heavy atom. The molecule has 1 amide bonds. The van der Waals surface area contributed by atoms with Gasteiger partial charge in [0.25, 0.3) is 5.91 Å². The van der Waals surface area contributed by atoms with Crippen molar-refractivity contribution < 1.29 is 14.3 Å². The van der Waals surface area contributed by atoms with E-state index < -0.39 is 0 Å². The zero-order chi connectivity index (χ0) is 25.5. The van der Waals surface area contributed by atoms with Crippen molar-refractivity contribution in [3.8, 4) is 17.6 Å². The predicted molar refractivity (Wildman–Crippen MR) is 145 cm³/mol. The lowest BCUT2D eigenvalue weighted by molar-refractivity contribution is -0.126. The fourth-order valence-corrected chi connectivity index (χ4v) is 4.61. The second-order valence-corrected chi connectivity index (χ2v) is 9.45. The van der Waals surface area contributed by atoms with Gasteiger partial charge in [0, 0.05) is 46.9 Å². The number of halogens is 2. The van der Waals surface area contributed by atoms with E-state index in [9.17, 15) is 10.1 Å². The normalized spacial score (nSPS) is 13.8. The number of hydrogen-bond acceptors (Lipinski definition) is 5. The van der Waals surface area contributed by atoms with E-state index in [0.717, 1.165) is 11.3 Å². The van der Waals surface area contributed by atoms with Crippen molar-refractivity contribution in [2.45, 2.75) is 6.61 Å². The topological polar surface area (TPSA) is 65.8 Å². The maximum Gasteiger partial charge on any atom is 0.264 e. The van der Waals surface area contributed by atoms with E-state index in [4.69, 9.17) is 21.1 Å². The van der Waals surface area contributed by atoms with Crippen LogP contribution in [0.5, 0.6) is 11.5 Å². The van der Waals surface area contributed by atoms with Crippen LogP contribution in [0.3, 0.4) is 0 Å². The highest BCUT2D eigenvalue weighted by Crippen LogP contribution is 2.35. The van der Waals surface area contributed by atoms with Gasteiger partial charge in [-0.2, -0.15) is 5.26 Å². The largest absolute Gasteiger partial charge is 0.493 e. The summed E-state index contributed by atoms with van der Waals surface area (Å²) in [6, 6.07) is 23.1. The quantitative estimate of drug-likeness (QED) is 0.261. The minimum atomic E-state index is -0.282. The third-order valence-corrected chi connectivity index (χ3v) is 7.02. The van der Waals surface area contributed by atoms with Gasteiger partial charge in [-0.25, -0.2) is 0 Å². The van der Waals surface area contributed by atoms with Gasteiger partial charge in [-0.05, 0) is 42.0 Å². The molecular formula is C28H25BrClN3O3. The monoisotopic (exact) mass is 565 g/mol. The Morgan fingerprint density at radius 3 is 2.42 bits per heavy atom. The lowest BCUT2D eigenvalue weighted by Gasteiger charge is -2.36. The van der Waals surface area contributed by atoms with E-state index in [2.05, 4.69) is 39.0 Å². The summed E-state index contributed by atoms with van der Waals surface area (Å²) in [5, 5.41) is 10.4. The van der Waals surface area contributed by atoms with Crippen LogP contribution in [0.15, 0.2) is 76.8 Å². The van der Waals surface area contributed by atoms with Crippen LogP contribution < -0.4 is 14.4 Å². The number of carbonyl (C=O) groups is 1. The molecule has 1 heterocycles. The maximum absolute atomic E-state index is 13.1. The first-order valence-corrected chi connectivity index (χ1v) is 12.6. The SMILES string of the molecule is COc1cc(/C=C(/C#N)C(=O)N2CCN(c3ccccc3)CC2)c(Br)cc1OCc1ccccc1Cl. The van der Waals surface area contributed by atoms with E-state index in [1.165, 1.54) is 0 Å². The van der Waals surface area contributed by atoms with Gasteiger partial charge in [0.15, 0.2) is 11.5 Å². The van der Waals surface area contributed by atoms with Gasteiger partial charge in [-0.1, -0.05) is 63.9 Å². The van der Waals surface area contributed by atoms with Gasteiger partial charge in [-0.3, -0.25) is 4.79 Å². The summed E-state index contributed by atoms with van der Waals surface area (Å²) in [5.41, 5.74) is 2.69. The van der Waals surface area contributed by atoms with Gasteiger partial charge in [0.1, 0.15) is 18.2 Å². The number of nitrogens with zero attached hydrogens (tertiary/aromatic N) is 3. The molecule has 0 aromatic heterocycles. The average molecular weight is 567 g/mol. The smallest absolute Gasteiger partial charge is 0.264 e. The molecule has 0 N–H and O–H groups in total. The number of piperazine rings is 1. The van der Waals surface area contributed by atoms with Crippen LogP contribution in [0, 0.1) is 11.3 Å². The second kappa shape index (κ2) is 12.0. The van der Waals surface area contributed by atoms with Crippen molar-refractivity contribution in [3.05, 3.63) is 92.9 Å². The molecule has 1 fully saturated rings. The van der Waals surface area contributed by atoms with E-state index in [1.807, 2.05) is 42.5 Å². The number of ether oxygens (including phenoxy) is 2. The summed E-state index contributed by atoms with van der Waals surface area (Å²) in [6.07, 6.45) is 1.58. The zero-order valence-corrected chi connectivity index (χ0v) is 22.1. The van der Waals surface area contributed by atoms with Crippen LogP contribution >= 0.6 is 27.5 Å². The molecule has 0 spiro atoms. The number of hydrogen-bond donors (Lipinski definition) is 0. The Labute approximate surface area is 224 Å². The second-order valence-electron chi connectivity index (χ2n) is 8.19. The molecule has 0 unspecified atom stereocenters. The number of amides is 1. The number of carbonyl (C=O) groups excluding carboxylic acids is 1. The molecule has 0 atom stereocenters. The molecule has 36 heavy (non-hydrogen) atoms. The molecule has 3 aromatic carbocycles. The molecule has 1 aliphatic rings. The summed E-state index contributed by atoms with van der Waals surface area (Å²) < 4.78 is 12.1. The highest BCUT2D eigenvalue weighted by Gasteiger charge is 2.24. The number of methoxy groups -OCH3 is 1. The predicted octanol–water partition coefficient (Wildman–Crippen LogP) is 5.95. The number of nitriles is 1. The Bertz CT molecular complexity index is 1300. The zero-order valence-electron chi connectivity index (χ0n) is 19.8. The lowest BCUT2D eigenvalue weighted by atomic mass is 10.1. The fraction of sp³-hybridized carbons (Fsp3) is 0.214. The molecule has 0 bridgehead atoms. The third-order valence-electron chi connectivity index (χ3n) is 5.96. The Balaban J connectivity index is 1.47. The minimum Gasteiger partial charge on any atom is -0.493 e. The molecule has 0 radical (unpaired) electrons. The first kappa shape index (κ1) is 25.6. The van der Waals surface area contributed by atoms with E-state index in [0.29, 0.717) is 52.7 Å². The first-order chi connectivity index (χ1) is 17.5. The molecule has 0 saturated carbocycles. The van der Waals surface area contributed by atoms with Crippen molar-refractivity contribution in [1.29, 1.82) is 5.26 Å². The molecule has 6 nitrogen and oxygen atoms in total. The van der Waals surface area contributed by atoms with Crippen LogP contribution in [0.1, 0.15) is 11.1 Å². The summed E-state index contributed by atoms with van der Waals surface area (Å²) in [4.78, 5) is 17.1. The van der Waals surface area contributed by atoms with Crippen LogP contribution in [0.2, 0.25) is 5.02 Å². The molecule has 1 aliphatic heterocycles. The lowest BCUT2D eigenvalue weighted by Crippen LogP contribution is -2.49. The Hall–Kier alpha value is -3.47. The first-order valence-electron chi connectivity index (χ1n) is 11.4. The van der Waals surface area contributed by atoms with Crippen LogP contribution in [0.4, 0.5) is 5.69 Å². The maximum atomic E-state index is 13.1. The highest BCUT2D eigenvalue weighted by atomic mass is 79.9. The van der Waals surface area contributed by atoms with Crippen LogP contribution in [0.25, 0.3) is 6.08 Å². The summed E-state index contributed by atoms with van der Waals surface area (Å²) in [7, 11) is 1.54. The van der Waals surface area contributed by atoms with Gasteiger partial charge in [0.2, 0.25) is 0 Å². The summed E-state index contributed by atoms with van der Waals surface area (Å²) in [5.74, 6) is 0.719. The molecule has 0 aliphatic carbocycles. The van der Waals surface area contributed by atoms with Crippen molar-refractivity contribution in [3.63, 3.8) is 0 Å². The van der Waals surface area contributed by atoms with Crippen molar-refractivity contribution >= 4 is 45.2 Å². The van der Waals surface area contributed by atoms with E-state index >= 15 is 0 Å². The van der Waals surface area contributed by atoms with Crippen molar-refractivity contribution in [2.75, 3.05) is 38.2 Å². The summed E-state index contributed by atoms with van der Waals surface area (Å²) in [6.45, 7) is 2.79. The molecule has 1 saturated heterocycles.